The van der Waals surface area contributed by atoms with Gasteiger partial charge in [-0.15, -0.1) is 0 Å². The summed E-state index contributed by atoms with van der Waals surface area (Å²) >= 11 is 0. The first kappa shape index (κ1) is 13.1. The van der Waals surface area contributed by atoms with E-state index in [9.17, 15) is 0 Å². The zero-order chi connectivity index (χ0) is 13.1. The molecule has 0 saturated carbocycles. The highest BCUT2D eigenvalue weighted by Gasteiger charge is 2.28. The third-order valence-electron chi connectivity index (χ3n) is 4.64. The molecule has 3 rings (SSSR count). The zero-order valence-electron chi connectivity index (χ0n) is 12.1. The molecule has 0 amide bonds. The largest absolute Gasteiger partial charge is 0.313 e. The van der Waals surface area contributed by atoms with Crippen LogP contribution in [0.2, 0.25) is 0 Å². The van der Waals surface area contributed by atoms with E-state index in [2.05, 4.69) is 41.4 Å². The lowest BCUT2D eigenvalue weighted by molar-refractivity contribution is 0.239. The molecule has 104 valence electrons. The van der Waals surface area contributed by atoms with Crippen molar-refractivity contribution >= 4 is 0 Å². The number of nitrogens with one attached hydrogen (secondary N) is 1. The molecule has 1 heterocycles. The van der Waals surface area contributed by atoms with Gasteiger partial charge in [-0.1, -0.05) is 37.6 Å². The van der Waals surface area contributed by atoms with Crippen LogP contribution in [0.5, 0.6) is 0 Å². The van der Waals surface area contributed by atoms with Crippen LogP contribution >= 0.6 is 0 Å². The van der Waals surface area contributed by atoms with Crippen molar-refractivity contribution in [1.29, 1.82) is 0 Å². The Morgan fingerprint density at radius 3 is 3.05 bits per heavy atom. The van der Waals surface area contributed by atoms with E-state index in [0.29, 0.717) is 6.04 Å². The van der Waals surface area contributed by atoms with Crippen molar-refractivity contribution < 1.29 is 0 Å². The average molecular weight is 258 g/mol. The SMILES string of the molecule is CCCC1CN(CC2Cc3ccccc32)CCCN1. The van der Waals surface area contributed by atoms with Crippen LogP contribution in [0.3, 0.4) is 0 Å². The molecule has 2 unspecified atom stereocenters. The smallest absolute Gasteiger partial charge is 0.0194 e. The highest BCUT2D eigenvalue weighted by molar-refractivity contribution is 5.40. The average Bonchev–Trinajstić information content (AvgIpc) is 2.62. The van der Waals surface area contributed by atoms with Gasteiger partial charge in [0.2, 0.25) is 0 Å². The summed E-state index contributed by atoms with van der Waals surface area (Å²) in [6, 6.07) is 9.68. The molecule has 2 heteroatoms. The Kier molecular flexibility index (Phi) is 4.19. The van der Waals surface area contributed by atoms with Crippen LogP contribution < -0.4 is 5.32 Å². The second-order valence-corrected chi connectivity index (χ2v) is 6.15. The molecule has 2 aliphatic rings. The van der Waals surface area contributed by atoms with E-state index in [1.807, 2.05) is 0 Å². The Morgan fingerprint density at radius 1 is 1.32 bits per heavy atom. The van der Waals surface area contributed by atoms with Crippen LogP contribution in [0.25, 0.3) is 0 Å². The maximum absolute atomic E-state index is 3.70. The summed E-state index contributed by atoms with van der Waals surface area (Å²) in [6.07, 6.45) is 5.20. The monoisotopic (exact) mass is 258 g/mol. The first-order valence-corrected chi connectivity index (χ1v) is 7.90. The second kappa shape index (κ2) is 6.06. The van der Waals surface area contributed by atoms with Gasteiger partial charge in [0.25, 0.3) is 0 Å². The second-order valence-electron chi connectivity index (χ2n) is 6.15. The molecule has 0 bridgehead atoms. The molecule has 1 N–H and O–H groups in total. The minimum absolute atomic E-state index is 0.711. The molecule has 2 nitrogen and oxygen atoms in total. The summed E-state index contributed by atoms with van der Waals surface area (Å²) < 4.78 is 0. The zero-order valence-corrected chi connectivity index (χ0v) is 12.1. The quantitative estimate of drug-likeness (QED) is 0.893. The van der Waals surface area contributed by atoms with Crippen molar-refractivity contribution in [1.82, 2.24) is 10.2 Å². The fourth-order valence-electron chi connectivity index (χ4n) is 3.62. The van der Waals surface area contributed by atoms with Gasteiger partial charge in [-0.25, -0.2) is 0 Å². The van der Waals surface area contributed by atoms with Crippen LogP contribution in [-0.4, -0.2) is 37.1 Å². The lowest BCUT2D eigenvalue weighted by Gasteiger charge is -2.35. The van der Waals surface area contributed by atoms with Gasteiger partial charge in [0.15, 0.2) is 0 Å². The van der Waals surface area contributed by atoms with Crippen molar-refractivity contribution in [3.8, 4) is 0 Å². The standard InChI is InChI=1S/C17H26N2/c1-2-6-16-13-19(10-5-9-18-16)12-15-11-14-7-3-4-8-17(14)15/h3-4,7-8,15-16,18H,2,5-6,9-13H2,1H3. The van der Waals surface area contributed by atoms with E-state index in [-0.39, 0.29) is 0 Å². The van der Waals surface area contributed by atoms with Crippen molar-refractivity contribution in [3.05, 3.63) is 35.4 Å². The molecule has 1 aromatic carbocycles. The molecular formula is C17H26N2. The highest BCUT2D eigenvalue weighted by atomic mass is 15.2. The Labute approximate surface area is 117 Å². The first-order valence-electron chi connectivity index (χ1n) is 7.90. The van der Waals surface area contributed by atoms with Gasteiger partial charge in [-0.3, -0.25) is 0 Å². The van der Waals surface area contributed by atoms with Gasteiger partial charge in [0.05, 0.1) is 0 Å². The summed E-state index contributed by atoms with van der Waals surface area (Å²) in [5, 5.41) is 3.70. The number of hydrogen-bond acceptors (Lipinski definition) is 2. The van der Waals surface area contributed by atoms with Crippen LogP contribution in [0, 0.1) is 0 Å². The molecular weight excluding hydrogens is 232 g/mol. The third kappa shape index (κ3) is 3.01. The van der Waals surface area contributed by atoms with Crippen LogP contribution in [0.1, 0.15) is 43.2 Å². The van der Waals surface area contributed by atoms with Crippen LogP contribution in [-0.2, 0) is 6.42 Å². The number of fused-ring (bicyclic) bond motifs is 1. The number of nitrogens with zero attached hydrogens (tertiary/aromatic N) is 1. The Balaban J connectivity index is 1.58. The van der Waals surface area contributed by atoms with Gasteiger partial charge in [-0.2, -0.15) is 0 Å². The van der Waals surface area contributed by atoms with Gasteiger partial charge in [-0.05, 0) is 43.5 Å². The molecule has 1 saturated heterocycles. The molecule has 1 fully saturated rings. The third-order valence-corrected chi connectivity index (χ3v) is 4.64. The maximum atomic E-state index is 3.70. The van der Waals surface area contributed by atoms with Crippen molar-refractivity contribution in [2.45, 2.75) is 44.6 Å². The molecule has 0 aromatic heterocycles. The maximum Gasteiger partial charge on any atom is 0.0194 e. The molecule has 0 radical (unpaired) electrons. The molecule has 2 atom stereocenters. The van der Waals surface area contributed by atoms with Crippen LogP contribution in [0.15, 0.2) is 24.3 Å². The predicted molar refractivity (Wildman–Crippen MR) is 80.6 cm³/mol. The predicted octanol–water partition coefficient (Wildman–Crippen LogP) is 2.79. The van der Waals surface area contributed by atoms with E-state index in [1.165, 1.54) is 51.9 Å². The number of rotatable bonds is 4. The molecule has 1 aromatic rings. The summed E-state index contributed by atoms with van der Waals surface area (Å²) in [7, 11) is 0. The van der Waals surface area contributed by atoms with Gasteiger partial charge in [0.1, 0.15) is 0 Å². The van der Waals surface area contributed by atoms with Crippen molar-refractivity contribution in [2.24, 2.45) is 0 Å². The van der Waals surface area contributed by atoms with E-state index < -0.39 is 0 Å². The summed E-state index contributed by atoms with van der Waals surface area (Å²) in [5.41, 5.74) is 3.18. The number of hydrogen-bond donors (Lipinski definition) is 1. The molecule has 1 aliphatic heterocycles. The van der Waals surface area contributed by atoms with Gasteiger partial charge in [0, 0.05) is 25.0 Å². The lowest BCUT2D eigenvalue weighted by Crippen LogP contribution is -2.40. The van der Waals surface area contributed by atoms with E-state index in [4.69, 9.17) is 0 Å². The number of benzene rings is 1. The van der Waals surface area contributed by atoms with Gasteiger partial charge >= 0.3 is 0 Å². The van der Waals surface area contributed by atoms with Gasteiger partial charge < -0.3 is 10.2 Å². The lowest BCUT2D eigenvalue weighted by atomic mass is 9.77. The Morgan fingerprint density at radius 2 is 2.21 bits per heavy atom. The van der Waals surface area contributed by atoms with Crippen molar-refractivity contribution in [2.75, 3.05) is 26.2 Å². The topological polar surface area (TPSA) is 15.3 Å². The minimum Gasteiger partial charge on any atom is -0.313 e. The van der Waals surface area contributed by atoms with E-state index >= 15 is 0 Å². The summed E-state index contributed by atoms with van der Waals surface area (Å²) in [6.45, 7) is 7.26. The first-order chi connectivity index (χ1) is 9.36. The van der Waals surface area contributed by atoms with Crippen LogP contribution in [0.4, 0.5) is 0 Å². The molecule has 1 aliphatic carbocycles. The van der Waals surface area contributed by atoms with E-state index in [1.54, 1.807) is 11.1 Å². The van der Waals surface area contributed by atoms with E-state index in [0.717, 1.165) is 5.92 Å². The van der Waals surface area contributed by atoms with Crippen molar-refractivity contribution in [3.63, 3.8) is 0 Å². The Bertz CT molecular complexity index is 415. The molecule has 19 heavy (non-hydrogen) atoms. The normalized spacial score (nSPS) is 27.4. The fraction of sp³-hybridized carbons (Fsp3) is 0.647. The molecule has 0 spiro atoms. The summed E-state index contributed by atoms with van der Waals surface area (Å²) in [4.78, 5) is 2.70. The highest BCUT2D eigenvalue weighted by Crippen LogP contribution is 2.35. The minimum atomic E-state index is 0.711. The Hall–Kier alpha value is -0.860. The fourth-order valence-corrected chi connectivity index (χ4v) is 3.62. The summed E-state index contributed by atoms with van der Waals surface area (Å²) in [5.74, 6) is 0.788.